The summed E-state index contributed by atoms with van der Waals surface area (Å²) in [6.07, 6.45) is 0.522. The van der Waals surface area contributed by atoms with Gasteiger partial charge in [-0.1, -0.05) is 59.1 Å². The average Bonchev–Trinajstić information content (AvgIpc) is 3.14. The van der Waals surface area contributed by atoms with Crippen molar-refractivity contribution in [1.82, 2.24) is 4.90 Å². The van der Waals surface area contributed by atoms with Crippen LogP contribution in [0.4, 0.5) is 0 Å². The SMILES string of the molecule is COCCCN1C(=O)C(=O)/C(=C(/O)c2ccc(OCc3cccc(C)c3)cc2)C1c1ccc(Cl)c(Cl)c1. The number of methoxy groups -OCH3 is 1. The minimum atomic E-state index is -0.816. The molecule has 8 heteroatoms. The number of aliphatic hydroxyl groups excluding tert-OH is 1. The minimum absolute atomic E-state index is 0.00534. The van der Waals surface area contributed by atoms with Crippen LogP contribution in [0.2, 0.25) is 10.0 Å². The Balaban J connectivity index is 1.65. The molecule has 3 aromatic rings. The molecule has 3 aromatic carbocycles. The summed E-state index contributed by atoms with van der Waals surface area (Å²) in [5, 5.41) is 11.9. The molecule has 1 unspecified atom stereocenters. The van der Waals surface area contributed by atoms with Crippen molar-refractivity contribution in [2.24, 2.45) is 0 Å². The number of amides is 1. The molecule has 1 fully saturated rings. The molecule has 4 rings (SSSR count). The van der Waals surface area contributed by atoms with Crippen molar-refractivity contribution in [3.05, 3.63) is 105 Å². The number of hydrogen-bond acceptors (Lipinski definition) is 5. The molecule has 1 aliphatic rings. The second-order valence-electron chi connectivity index (χ2n) is 8.81. The lowest BCUT2D eigenvalue weighted by Gasteiger charge is -2.25. The zero-order chi connectivity index (χ0) is 26.5. The van der Waals surface area contributed by atoms with E-state index in [0.29, 0.717) is 41.5 Å². The van der Waals surface area contributed by atoms with Crippen molar-refractivity contribution in [2.75, 3.05) is 20.3 Å². The molecule has 37 heavy (non-hydrogen) atoms. The highest BCUT2D eigenvalue weighted by Gasteiger charge is 2.45. The van der Waals surface area contributed by atoms with Crippen LogP contribution in [0.3, 0.4) is 0 Å². The summed E-state index contributed by atoms with van der Waals surface area (Å²) in [5.74, 6) is -1.11. The second-order valence-corrected chi connectivity index (χ2v) is 9.63. The van der Waals surface area contributed by atoms with E-state index >= 15 is 0 Å². The fourth-order valence-electron chi connectivity index (χ4n) is 4.35. The van der Waals surface area contributed by atoms with Crippen LogP contribution in [-0.4, -0.2) is 42.0 Å². The Morgan fingerprint density at radius 1 is 1.00 bits per heavy atom. The standard InChI is InChI=1S/C29H27Cl2NO5/c1-18-5-3-6-19(15-18)17-37-22-10-7-20(8-11-22)27(33)25-26(21-9-12-23(30)24(31)16-21)32(13-4-14-36-2)29(35)28(25)34/h3,5-12,15-16,26,33H,4,13-14,17H2,1-2H3/b27-25+. The lowest BCUT2D eigenvalue weighted by atomic mass is 9.95. The summed E-state index contributed by atoms with van der Waals surface area (Å²) in [7, 11) is 1.57. The second kappa shape index (κ2) is 11.8. The third kappa shape index (κ3) is 5.99. The van der Waals surface area contributed by atoms with Gasteiger partial charge in [0.05, 0.1) is 21.7 Å². The molecule has 1 aliphatic heterocycles. The largest absolute Gasteiger partial charge is 0.507 e. The van der Waals surface area contributed by atoms with Crippen LogP contribution in [0.15, 0.2) is 72.3 Å². The zero-order valence-corrected chi connectivity index (χ0v) is 22.1. The molecule has 1 amide bonds. The van der Waals surface area contributed by atoms with Gasteiger partial charge in [0.25, 0.3) is 11.7 Å². The van der Waals surface area contributed by atoms with Crippen molar-refractivity contribution in [3.8, 4) is 5.75 Å². The number of carbonyl (C=O) groups is 2. The third-order valence-corrected chi connectivity index (χ3v) is 6.90. The quantitative estimate of drug-likeness (QED) is 0.148. The summed E-state index contributed by atoms with van der Waals surface area (Å²) >= 11 is 12.3. The summed E-state index contributed by atoms with van der Waals surface area (Å²) in [5.41, 5.74) is 3.15. The van der Waals surface area contributed by atoms with Gasteiger partial charge < -0.3 is 19.5 Å². The van der Waals surface area contributed by atoms with Gasteiger partial charge in [0, 0.05) is 25.8 Å². The maximum Gasteiger partial charge on any atom is 0.295 e. The number of ketones is 1. The van der Waals surface area contributed by atoms with E-state index in [9.17, 15) is 14.7 Å². The predicted molar refractivity (Wildman–Crippen MR) is 144 cm³/mol. The van der Waals surface area contributed by atoms with E-state index in [1.807, 2.05) is 25.1 Å². The molecular formula is C29H27Cl2NO5. The van der Waals surface area contributed by atoms with Crippen molar-refractivity contribution in [3.63, 3.8) is 0 Å². The van der Waals surface area contributed by atoms with E-state index in [4.69, 9.17) is 32.7 Å². The summed E-state index contributed by atoms with van der Waals surface area (Å²) in [6.45, 7) is 3.11. The number of carbonyl (C=O) groups excluding carboxylic acids is 2. The number of nitrogens with zero attached hydrogens (tertiary/aromatic N) is 1. The highest BCUT2D eigenvalue weighted by Crippen LogP contribution is 2.41. The Hall–Kier alpha value is -3.32. The number of hydrogen-bond donors (Lipinski definition) is 1. The van der Waals surface area contributed by atoms with E-state index in [-0.39, 0.29) is 22.9 Å². The number of Topliss-reactive ketones (excluding diaryl/α,β-unsaturated/α-hetero) is 1. The highest BCUT2D eigenvalue weighted by atomic mass is 35.5. The summed E-state index contributed by atoms with van der Waals surface area (Å²) in [6, 6.07) is 18.9. The van der Waals surface area contributed by atoms with Crippen LogP contribution in [0.1, 0.15) is 34.7 Å². The summed E-state index contributed by atoms with van der Waals surface area (Å²) < 4.78 is 11.0. The first-order valence-electron chi connectivity index (χ1n) is 11.8. The van der Waals surface area contributed by atoms with Gasteiger partial charge in [-0.2, -0.15) is 0 Å². The Bertz CT molecular complexity index is 1340. The third-order valence-electron chi connectivity index (χ3n) is 6.16. The Morgan fingerprint density at radius 3 is 2.43 bits per heavy atom. The van der Waals surface area contributed by atoms with Crippen LogP contribution in [0.5, 0.6) is 5.75 Å². The van der Waals surface area contributed by atoms with Crippen LogP contribution < -0.4 is 4.74 Å². The molecule has 0 saturated carbocycles. The normalized spacial score (nSPS) is 16.9. The van der Waals surface area contributed by atoms with Crippen LogP contribution in [0.25, 0.3) is 5.76 Å². The van der Waals surface area contributed by atoms with Gasteiger partial charge in [0.15, 0.2) is 0 Å². The lowest BCUT2D eigenvalue weighted by Crippen LogP contribution is -2.31. The first-order chi connectivity index (χ1) is 17.8. The lowest BCUT2D eigenvalue weighted by molar-refractivity contribution is -0.140. The topological polar surface area (TPSA) is 76.1 Å². The van der Waals surface area contributed by atoms with Crippen LogP contribution in [-0.2, 0) is 20.9 Å². The van der Waals surface area contributed by atoms with Gasteiger partial charge in [-0.05, 0) is 60.9 Å². The Morgan fingerprint density at radius 2 is 1.76 bits per heavy atom. The maximum absolute atomic E-state index is 13.1. The van der Waals surface area contributed by atoms with Gasteiger partial charge >= 0.3 is 0 Å². The van der Waals surface area contributed by atoms with Crippen molar-refractivity contribution in [1.29, 1.82) is 0 Å². The first kappa shape index (κ1) is 26.7. The first-order valence-corrected chi connectivity index (χ1v) is 12.6. The van der Waals surface area contributed by atoms with E-state index in [1.54, 1.807) is 49.6 Å². The molecule has 192 valence electrons. The molecule has 1 heterocycles. The molecule has 0 aromatic heterocycles. The van der Waals surface area contributed by atoms with Gasteiger partial charge in [0.2, 0.25) is 0 Å². The molecule has 0 radical (unpaired) electrons. The Labute approximate surface area is 226 Å². The number of ether oxygens (including phenoxy) is 2. The van der Waals surface area contributed by atoms with E-state index in [0.717, 1.165) is 11.1 Å². The predicted octanol–water partition coefficient (Wildman–Crippen LogP) is 6.34. The van der Waals surface area contributed by atoms with Gasteiger partial charge in [0.1, 0.15) is 18.1 Å². The fraction of sp³-hybridized carbons (Fsp3) is 0.241. The molecular weight excluding hydrogens is 513 g/mol. The van der Waals surface area contributed by atoms with E-state index in [1.165, 1.54) is 4.90 Å². The fourth-order valence-corrected chi connectivity index (χ4v) is 4.66. The number of likely N-dealkylation sites (tertiary alicyclic amines) is 1. The van der Waals surface area contributed by atoms with Gasteiger partial charge in [-0.15, -0.1) is 0 Å². The highest BCUT2D eigenvalue weighted by molar-refractivity contribution is 6.46. The van der Waals surface area contributed by atoms with E-state index < -0.39 is 17.7 Å². The van der Waals surface area contributed by atoms with Crippen LogP contribution >= 0.6 is 23.2 Å². The minimum Gasteiger partial charge on any atom is -0.507 e. The van der Waals surface area contributed by atoms with Crippen molar-refractivity contribution in [2.45, 2.75) is 26.0 Å². The monoisotopic (exact) mass is 539 g/mol. The number of halogens is 2. The molecule has 1 saturated heterocycles. The maximum atomic E-state index is 13.1. The number of aryl methyl sites for hydroxylation is 1. The van der Waals surface area contributed by atoms with Gasteiger partial charge in [-0.3, -0.25) is 9.59 Å². The number of benzene rings is 3. The van der Waals surface area contributed by atoms with Gasteiger partial charge in [-0.25, -0.2) is 0 Å². The molecule has 0 spiro atoms. The zero-order valence-electron chi connectivity index (χ0n) is 20.5. The average molecular weight is 540 g/mol. The van der Waals surface area contributed by atoms with Crippen LogP contribution in [0, 0.1) is 6.92 Å². The van der Waals surface area contributed by atoms with E-state index in [2.05, 4.69) is 6.07 Å². The molecule has 0 bridgehead atoms. The summed E-state index contributed by atoms with van der Waals surface area (Å²) in [4.78, 5) is 27.6. The molecule has 0 aliphatic carbocycles. The molecule has 6 nitrogen and oxygen atoms in total. The van der Waals surface area contributed by atoms with Crippen molar-refractivity contribution < 1.29 is 24.2 Å². The number of rotatable bonds is 9. The number of aliphatic hydroxyl groups is 1. The Kier molecular flexibility index (Phi) is 8.54. The molecule has 1 N–H and O–H groups in total. The molecule has 1 atom stereocenters. The smallest absolute Gasteiger partial charge is 0.295 e. The van der Waals surface area contributed by atoms with Crippen molar-refractivity contribution >= 4 is 40.7 Å².